The molecule has 2 heterocycles. The monoisotopic (exact) mass is 487 g/mol. The second kappa shape index (κ2) is 10.4. The maximum atomic E-state index is 13.9. The first-order chi connectivity index (χ1) is 17.3. The van der Waals surface area contributed by atoms with Crippen molar-refractivity contribution in [2.45, 2.75) is 70.9 Å². The predicted octanol–water partition coefficient (Wildman–Crippen LogP) is 4.89. The number of rotatable bonds is 4. The summed E-state index contributed by atoms with van der Waals surface area (Å²) in [5, 5.41) is 0. The molecule has 1 saturated heterocycles. The first kappa shape index (κ1) is 25.0. The van der Waals surface area contributed by atoms with E-state index in [1.54, 1.807) is 0 Å². The van der Waals surface area contributed by atoms with Gasteiger partial charge in [0.15, 0.2) is 0 Å². The van der Waals surface area contributed by atoms with E-state index in [1.165, 1.54) is 29.5 Å². The largest absolute Gasteiger partial charge is 0.337 e. The molecule has 0 aromatic heterocycles. The lowest BCUT2D eigenvalue weighted by molar-refractivity contribution is -0.141. The van der Waals surface area contributed by atoms with E-state index in [0.717, 1.165) is 51.0 Å². The third-order valence-electron chi connectivity index (χ3n) is 8.53. The first-order valence-electron chi connectivity index (χ1n) is 13.8. The fraction of sp³-hybridized carbons (Fsp3) is 0.548. The predicted molar refractivity (Wildman–Crippen MR) is 144 cm³/mol. The SMILES string of the molecule is CC(C)(C)c1ccc(C(=O)N2CCN([C@H](C(=O)N3CCc4ccccc4C3)C3CCCC3)CC2)cc1. The van der Waals surface area contributed by atoms with E-state index < -0.39 is 0 Å². The van der Waals surface area contributed by atoms with Crippen LogP contribution < -0.4 is 0 Å². The molecule has 192 valence electrons. The van der Waals surface area contributed by atoms with E-state index in [0.29, 0.717) is 24.9 Å². The summed E-state index contributed by atoms with van der Waals surface area (Å²) in [7, 11) is 0. The van der Waals surface area contributed by atoms with Gasteiger partial charge < -0.3 is 9.80 Å². The zero-order valence-corrected chi connectivity index (χ0v) is 22.2. The van der Waals surface area contributed by atoms with Crippen molar-refractivity contribution in [1.82, 2.24) is 14.7 Å². The van der Waals surface area contributed by atoms with Crippen molar-refractivity contribution in [2.24, 2.45) is 5.92 Å². The first-order valence-corrected chi connectivity index (χ1v) is 13.8. The van der Waals surface area contributed by atoms with E-state index in [9.17, 15) is 9.59 Å². The average molecular weight is 488 g/mol. The molecule has 0 N–H and O–H groups in total. The zero-order valence-electron chi connectivity index (χ0n) is 22.2. The second-order valence-corrected chi connectivity index (χ2v) is 11.9. The van der Waals surface area contributed by atoms with Crippen LogP contribution in [0.1, 0.15) is 73.5 Å². The molecule has 1 aliphatic carbocycles. The Morgan fingerprint density at radius 1 is 0.806 bits per heavy atom. The van der Waals surface area contributed by atoms with Crippen LogP contribution in [-0.2, 0) is 23.2 Å². The highest BCUT2D eigenvalue weighted by atomic mass is 16.2. The molecular formula is C31H41N3O2. The molecular weight excluding hydrogens is 446 g/mol. The number of fused-ring (bicyclic) bond motifs is 1. The molecule has 0 spiro atoms. The van der Waals surface area contributed by atoms with Crippen molar-refractivity contribution < 1.29 is 9.59 Å². The van der Waals surface area contributed by atoms with Gasteiger partial charge in [-0.25, -0.2) is 0 Å². The molecule has 2 aromatic carbocycles. The van der Waals surface area contributed by atoms with E-state index in [-0.39, 0.29) is 17.4 Å². The summed E-state index contributed by atoms with van der Waals surface area (Å²) in [4.78, 5) is 33.6. The molecule has 36 heavy (non-hydrogen) atoms. The molecule has 1 saturated carbocycles. The Morgan fingerprint density at radius 2 is 1.44 bits per heavy atom. The Bertz CT molecular complexity index is 1070. The Morgan fingerprint density at radius 3 is 2.08 bits per heavy atom. The maximum absolute atomic E-state index is 13.9. The third-order valence-corrected chi connectivity index (χ3v) is 8.53. The quantitative estimate of drug-likeness (QED) is 0.617. The molecule has 5 nitrogen and oxygen atoms in total. The summed E-state index contributed by atoms with van der Waals surface area (Å²) in [6.45, 7) is 11.0. The van der Waals surface area contributed by atoms with E-state index in [2.05, 4.69) is 67.0 Å². The molecule has 2 amide bonds. The van der Waals surface area contributed by atoms with Crippen molar-refractivity contribution in [3.05, 3.63) is 70.8 Å². The summed E-state index contributed by atoms with van der Waals surface area (Å²) in [6, 6.07) is 16.6. The lowest BCUT2D eigenvalue weighted by Crippen LogP contribution is -2.58. The van der Waals surface area contributed by atoms with Crippen molar-refractivity contribution in [3.8, 4) is 0 Å². The van der Waals surface area contributed by atoms with Gasteiger partial charge in [0.05, 0.1) is 6.04 Å². The highest BCUT2D eigenvalue weighted by molar-refractivity contribution is 5.94. The summed E-state index contributed by atoms with van der Waals surface area (Å²) in [5.41, 5.74) is 4.73. The van der Waals surface area contributed by atoms with E-state index in [4.69, 9.17) is 0 Å². The highest BCUT2D eigenvalue weighted by Crippen LogP contribution is 2.33. The summed E-state index contributed by atoms with van der Waals surface area (Å²) in [6.07, 6.45) is 5.66. The second-order valence-electron chi connectivity index (χ2n) is 11.9. The number of hydrogen-bond acceptors (Lipinski definition) is 3. The molecule has 3 aliphatic rings. The molecule has 0 bridgehead atoms. The van der Waals surface area contributed by atoms with Gasteiger partial charge in [-0.3, -0.25) is 14.5 Å². The zero-order chi connectivity index (χ0) is 25.3. The number of carbonyl (C=O) groups is 2. The average Bonchev–Trinajstić information content (AvgIpc) is 3.42. The summed E-state index contributed by atoms with van der Waals surface area (Å²) < 4.78 is 0. The van der Waals surface area contributed by atoms with Crippen molar-refractivity contribution in [3.63, 3.8) is 0 Å². The van der Waals surface area contributed by atoms with Crippen LogP contribution in [-0.4, -0.2) is 65.3 Å². The molecule has 0 radical (unpaired) electrons. The topological polar surface area (TPSA) is 43.9 Å². The van der Waals surface area contributed by atoms with Gasteiger partial charge in [-0.1, -0.05) is 70.0 Å². The van der Waals surface area contributed by atoms with Crippen molar-refractivity contribution >= 4 is 11.8 Å². The Hall–Kier alpha value is -2.66. The van der Waals surface area contributed by atoms with Crippen LogP contribution in [0, 0.1) is 5.92 Å². The Labute approximate surface area is 216 Å². The normalized spacial score (nSPS) is 20.3. The van der Waals surface area contributed by atoms with Crippen LogP contribution in [0.5, 0.6) is 0 Å². The van der Waals surface area contributed by atoms with Crippen LogP contribution in [0.3, 0.4) is 0 Å². The maximum Gasteiger partial charge on any atom is 0.253 e. The van der Waals surface area contributed by atoms with Crippen LogP contribution in [0.15, 0.2) is 48.5 Å². The van der Waals surface area contributed by atoms with Crippen molar-refractivity contribution in [2.75, 3.05) is 32.7 Å². The number of carbonyl (C=O) groups excluding carboxylic acids is 2. The van der Waals surface area contributed by atoms with Gasteiger partial charge in [-0.15, -0.1) is 0 Å². The Kier molecular flexibility index (Phi) is 7.21. The molecule has 2 aliphatic heterocycles. The van der Waals surface area contributed by atoms with E-state index >= 15 is 0 Å². The van der Waals surface area contributed by atoms with Gasteiger partial charge >= 0.3 is 0 Å². The highest BCUT2D eigenvalue weighted by Gasteiger charge is 2.40. The molecule has 1 atom stereocenters. The van der Waals surface area contributed by atoms with Gasteiger partial charge in [0.1, 0.15) is 0 Å². The number of piperazine rings is 1. The molecule has 0 unspecified atom stereocenters. The van der Waals surface area contributed by atoms with Gasteiger partial charge in [-0.2, -0.15) is 0 Å². The minimum absolute atomic E-state index is 0.0546. The fourth-order valence-corrected chi connectivity index (χ4v) is 6.30. The van der Waals surface area contributed by atoms with Crippen LogP contribution in [0.4, 0.5) is 0 Å². The number of hydrogen-bond donors (Lipinski definition) is 0. The molecule has 5 heteroatoms. The number of benzene rings is 2. The lowest BCUT2D eigenvalue weighted by Gasteiger charge is -2.43. The molecule has 2 aromatic rings. The number of amides is 2. The van der Waals surface area contributed by atoms with Gasteiger partial charge in [0.2, 0.25) is 5.91 Å². The standard InChI is InChI=1S/C31H41N3O2/c1-31(2,3)27-14-12-25(13-15-27)29(35)33-20-18-32(19-21-33)28(24-9-5-6-10-24)30(36)34-17-16-23-8-4-7-11-26(23)22-34/h4,7-8,11-15,24,28H,5-6,9-10,16-22H2,1-3H3/t28-/m0/s1. The van der Waals surface area contributed by atoms with Crippen LogP contribution in [0.2, 0.25) is 0 Å². The van der Waals surface area contributed by atoms with Crippen LogP contribution >= 0.6 is 0 Å². The smallest absolute Gasteiger partial charge is 0.253 e. The van der Waals surface area contributed by atoms with Crippen LogP contribution in [0.25, 0.3) is 0 Å². The fourth-order valence-electron chi connectivity index (χ4n) is 6.30. The third kappa shape index (κ3) is 5.22. The molecule has 5 rings (SSSR count). The van der Waals surface area contributed by atoms with E-state index in [1.807, 2.05) is 17.0 Å². The van der Waals surface area contributed by atoms with Gasteiger partial charge in [0, 0.05) is 44.8 Å². The minimum Gasteiger partial charge on any atom is -0.337 e. The summed E-state index contributed by atoms with van der Waals surface area (Å²) >= 11 is 0. The Balaban J connectivity index is 1.25. The van der Waals surface area contributed by atoms with Crippen molar-refractivity contribution in [1.29, 1.82) is 0 Å². The van der Waals surface area contributed by atoms with Gasteiger partial charge in [0.25, 0.3) is 5.91 Å². The summed E-state index contributed by atoms with van der Waals surface area (Å²) in [5.74, 6) is 0.835. The minimum atomic E-state index is -0.0546. The van der Waals surface area contributed by atoms with Gasteiger partial charge in [-0.05, 0) is 59.4 Å². The molecule has 2 fully saturated rings. The lowest BCUT2D eigenvalue weighted by atomic mass is 9.86. The number of nitrogens with zero attached hydrogens (tertiary/aromatic N) is 3.